The van der Waals surface area contributed by atoms with Gasteiger partial charge in [-0.05, 0) is 6.92 Å². The third-order valence-corrected chi connectivity index (χ3v) is 0.357. The van der Waals surface area contributed by atoms with E-state index in [2.05, 4.69) is 0 Å². The number of carboxylic acid groups (broad SMARTS) is 1. The summed E-state index contributed by atoms with van der Waals surface area (Å²) in [6.07, 6.45) is -1.23. The molecule has 2 N–H and O–H groups in total. The van der Waals surface area contributed by atoms with Crippen LogP contribution in [0.4, 0.5) is 0 Å². The van der Waals surface area contributed by atoms with Crippen LogP contribution in [0.25, 0.3) is 0 Å². The molecule has 1 unspecified atom stereocenters. The molecule has 0 aliphatic carbocycles. The molecule has 0 aliphatic heterocycles. The van der Waals surface area contributed by atoms with Crippen LogP contribution in [0.15, 0.2) is 0 Å². The fourth-order valence-corrected chi connectivity index (χ4v) is 0. The fourth-order valence-electron chi connectivity index (χ4n) is 0. The summed E-state index contributed by atoms with van der Waals surface area (Å²) in [6, 6.07) is 0. The van der Waals surface area contributed by atoms with Crippen molar-refractivity contribution in [2.45, 2.75) is 13.0 Å². The van der Waals surface area contributed by atoms with Crippen molar-refractivity contribution in [3.8, 4) is 0 Å². The number of carbonyl (C=O) groups is 1. The summed E-state index contributed by atoms with van der Waals surface area (Å²) in [7, 11) is 0. The monoisotopic (exact) mass is 232 g/mol. The number of carboxylic acids is 1. The molecule has 0 aromatic rings. The Morgan fingerprint density at radius 2 is 1.78 bits per heavy atom. The number of aliphatic carboxylic acids is 1. The largest absolute Gasteiger partial charge is 2.00 e. The minimum atomic E-state index is -1.23. The summed E-state index contributed by atoms with van der Waals surface area (Å²) in [4.78, 5) is 9.45. The minimum absolute atomic E-state index is 0. The maximum absolute atomic E-state index is 9.45. The average Bonchev–Trinajstić information content (AvgIpc) is 1.36. The molecule has 1 atom stereocenters. The third-order valence-electron chi connectivity index (χ3n) is 0.357. The zero-order valence-corrected chi connectivity index (χ0v) is 11.2. The van der Waals surface area contributed by atoms with Crippen molar-refractivity contribution in [2.24, 2.45) is 0 Å². The van der Waals surface area contributed by atoms with Gasteiger partial charge in [-0.15, -0.1) is 12.4 Å². The first-order valence-electron chi connectivity index (χ1n) is 1.55. The van der Waals surface area contributed by atoms with Crippen molar-refractivity contribution >= 4 is 56.1 Å². The van der Waals surface area contributed by atoms with Gasteiger partial charge in [0.15, 0.2) is 0 Å². The second kappa shape index (κ2) is 12.3. The van der Waals surface area contributed by atoms with Gasteiger partial charge in [0.25, 0.3) is 0 Å². The Morgan fingerprint density at radius 3 is 1.78 bits per heavy atom. The molecule has 0 saturated carbocycles. The van der Waals surface area contributed by atoms with Crippen LogP contribution in [-0.4, -0.2) is 60.0 Å². The van der Waals surface area contributed by atoms with Gasteiger partial charge in [-0.2, -0.15) is 0 Å². The number of halogens is 1. The van der Waals surface area contributed by atoms with E-state index in [9.17, 15) is 4.79 Å². The van der Waals surface area contributed by atoms with Gasteiger partial charge in [0.05, 0.1) is 0 Å². The zero-order valence-electron chi connectivity index (χ0n) is 7.20. The summed E-state index contributed by atoms with van der Waals surface area (Å²) in [5.74, 6) is -1.19. The Morgan fingerprint density at radius 1 is 1.67 bits per heavy atom. The van der Waals surface area contributed by atoms with E-state index in [0.717, 1.165) is 0 Å². The Hall–Kier alpha value is 1.60. The molecule has 3 nitrogen and oxygen atoms in total. The first-order chi connectivity index (χ1) is 2.64. The topological polar surface area (TPSA) is 57.5 Å². The second-order valence-electron chi connectivity index (χ2n) is 1.01. The van der Waals surface area contributed by atoms with Crippen LogP contribution in [0, 0.1) is 0 Å². The first kappa shape index (κ1) is 22.4. The molecule has 0 amide bonds. The molecule has 0 spiro atoms. The van der Waals surface area contributed by atoms with E-state index in [0.29, 0.717) is 0 Å². The van der Waals surface area contributed by atoms with Crippen LogP contribution in [0.2, 0.25) is 0 Å². The summed E-state index contributed by atoms with van der Waals surface area (Å²) >= 11 is 0. The number of aliphatic hydroxyl groups excluding tert-OH is 1. The van der Waals surface area contributed by atoms with Crippen LogP contribution >= 0.6 is 12.4 Å². The number of hydrogen-bond acceptors (Lipinski definition) is 2. The van der Waals surface area contributed by atoms with Crippen molar-refractivity contribution in [2.75, 3.05) is 0 Å². The maximum atomic E-state index is 9.45. The van der Waals surface area contributed by atoms with Crippen LogP contribution in [0.1, 0.15) is 9.78 Å². The Labute approximate surface area is 105 Å². The molecule has 0 radical (unpaired) electrons. The van der Waals surface area contributed by atoms with Crippen molar-refractivity contribution in [1.29, 1.82) is 0 Å². The summed E-state index contributed by atoms with van der Waals surface area (Å²) < 4.78 is 0. The quantitative estimate of drug-likeness (QED) is 0.613. The van der Waals surface area contributed by atoms with Gasteiger partial charge in [-0.3, -0.25) is 0 Å². The SMILES string of the molecule is CC(O)C(=O)O.Cl.[Ca+2].[H-].[H-].[Zn]. The number of aliphatic hydroxyl groups is 1. The van der Waals surface area contributed by atoms with Gasteiger partial charge in [-0.1, -0.05) is 0 Å². The molecule has 0 aliphatic rings. The number of rotatable bonds is 1. The maximum Gasteiger partial charge on any atom is 2.00 e. The number of hydrogen-bond donors (Lipinski definition) is 2. The Bertz CT molecular complexity index is 77.6. The van der Waals surface area contributed by atoms with E-state index in [1.165, 1.54) is 6.92 Å². The van der Waals surface area contributed by atoms with E-state index in [1.54, 1.807) is 0 Å². The Balaban J connectivity index is -0.0000000125. The van der Waals surface area contributed by atoms with Crippen LogP contribution < -0.4 is 0 Å². The normalized spacial score (nSPS) is 9.11. The average molecular weight is 234 g/mol. The summed E-state index contributed by atoms with van der Waals surface area (Å²) in [6.45, 7) is 1.20. The van der Waals surface area contributed by atoms with E-state index in [-0.39, 0.29) is 72.5 Å². The van der Waals surface area contributed by atoms with Gasteiger partial charge in [0.2, 0.25) is 0 Å². The molecule has 6 heteroatoms. The van der Waals surface area contributed by atoms with Gasteiger partial charge in [0, 0.05) is 19.5 Å². The second-order valence-corrected chi connectivity index (χ2v) is 1.01. The smallest absolute Gasteiger partial charge is 1.00 e. The molecular formula is C3H9CaClO3Zn. The predicted molar refractivity (Wildman–Crippen MR) is 34.5 cm³/mol. The molecule has 0 fully saturated rings. The van der Waals surface area contributed by atoms with Crippen LogP contribution in [0.3, 0.4) is 0 Å². The predicted octanol–water partition coefficient (Wildman–Crippen LogP) is -0.285. The van der Waals surface area contributed by atoms with Crippen molar-refractivity contribution in [3.05, 3.63) is 0 Å². The molecular weight excluding hydrogens is 225 g/mol. The molecule has 0 rings (SSSR count). The van der Waals surface area contributed by atoms with Gasteiger partial charge >= 0.3 is 43.7 Å². The first-order valence-corrected chi connectivity index (χ1v) is 1.55. The van der Waals surface area contributed by atoms with Gasteiger partial charge < -0.3 is 13.1 Å². The van der Waals surface area contributed by atoms with Crippen molar-refractivity contribution in [1.82, 2.24) is 0 Å². The molecule has 0 saturated heterocycles. The molecule has 0 heterocycles. The van der Waals surface area contributed by atoms with Crippen LogP contribution in [-0.2, 0) is 24.3 Å². The summed E-state index contributed by atoms with van der Waals surface area (Å²) in [5, 5.41) is 15.8. The summed E-state index contributed by atoms with van der Waals surface area (Å²) in [5.41, 5.74) is 0. The molecule has 0 aromatic heterocycles. The minimum Gasteiger partial charge on any atom is -1.00 e. The fraction of sp³-hybridized carbons (Fsp3) is 0.667. The van der Waals surface area contributed by atoms with Crippen molar-refractivity contribution in [3.63, 3.8) is 0 Å². The zero-order chi connectivity index (χ0) is 5.15. The Kier molecular flexibility index (Phi) is 30.6. The molecule has 0 aromatic carbocycles. The van der Waals surface area contributed by atoms with E-state index in [1.807, 2.05) is 0 Å². The van der Waals surface area contributed by atoms with Crippen molar-refractivity contribution < 1.29 is 37.3 Å². The third kappa shape index (κ3) is 17.7. The molecule has 0 bridgehead atoms. The van der Waals surface area contributed by atoms with E-state index < -0.39 is 12.1 Å². The molecule has 9 heavy (non-hydrogen) atoms. The van der Waals surface area contributed by atoms with Gasteiger partial charge in [0.1, 0.15) is 6.10 Å². The van der Waals surface area contributed by atoms with E-state index >= 15 is 0 Å². The van der Waals surface area contributed by atoms with E-state index in [4.69, 9.17) is 10.2 Å². The molecule has 50 valence electrons. The standard InChI is InChI=1S/C3H6O3.Ca.ClH.Zn.2H/c1-2(4)3(5)6;;;;;/h2,4H,1H3,(H,5,6);;1H;;;/q;+2;;;2*-1. The van der Waals surface area contributed by atoms with Crippen LogP contribution in [0.5, 0.6) is 0 Å². The van der Waals surface area contributed by atoms with Gasteiger partial charge in [-0.25, -0.2) is 4.79 Å².